The van der Waals surface area contributed by atoms with Crippen LogP contribution in [0.5, 0.6) is 11.5 Å². The molecule has 1 heterocycles. The molecule has 0 fully saturated rings. The van der Waals surface area contributed by atoms with Crippen molar-refractivity contribution in [2.45, 2.75) is 13.5 Å². The molecule has 0 aliphatic carbocycles. The van der Waals surface area contributed by atoms with E-state index in [1.54, 1.807) is 12.1 Å². The molecule has 164 valence electrons. The minimum Gasteiger partial charge on any atom is -0.493 e. The van der Waals surface area contributed by atoms with Crippen LogP contribution in [-0.2, 0) is 6.61 Å². The number of thiazole rings is 1. The van der Waals surface area contributed by atoms with Crippen molar-refractivity contribution in [3.05, 3.63) is 92.5 Å². The van der Waals surface area contributed by atoms with E-state index in [1.807, 2.05) is 55.5 Å². The van der Waals surface area contributed by atoms with Crippen molar-refractivity contribution in [1.82, 2.24) is 4.98 Å². The summed E-state index contributed by atoms with van der Waals surface area (Å²) in [6, 6.07) is 20.4. The number of methoxy groups -OCH3 is 1. The molecular formula is C25H19N3O4S. The van der Waals surface area contributed by atoms with Crippen LogP contribution in [0, 0.1) is 28.4 Å². The molecule has 0 saturated carbocycles. The number of rotatable bonds is 7. The molecule has 0 aliphatic heterocycles. The highest BCUT2D eigenvalue weighted by molar-refractivity contribution is 7.19. The number of aryl methyl sites for hydroxylation is 1. The highest BCUT2D eigenvalue weighted by Crippen LogP contribution is 2.40. The zero-order valence-corrected chi connectivity index (χ0v) is 18.8. The molecule has 8 heteroatoms. The third kappa shape index (κ3) is 4.68. The number of aromatic nitrogens is 1. The second-order valence-electron chi connectivity index (χ2n) is 7.20. The van der Waals surface area contributed by atoms with Crippen molar-refractivity contribution < 1.29 is 14.4 Å². The van der Waals surface area contributed by atoms with Gasteiger partial charge in [-0.15, -0.1) is 11.3 Å². The maximum atomic E-state index is 11.8. The zero-order valence-electron chi connectivity index (χ0n) is 17.9. The van der Waals surface area contributed by atoms with E-state index in [1.165, 1.54) is 24.5 Å². The summed E-state index contributed by atoms with van der Waals surface area (Å²) < 4.78 is 12.2. The van der Waals surface area contributed by atoms with Crippen LogP contribution >= 0.6 is 11.3 Å². The number of nitriles is 1. The highest BCUT2D eigenvalue weighted by atomic mass is 32.1. The molecule has 0 atom stereocenters. The van der Waals surface area contributed by atoms with Gasteiger partial charge in [-0.1, -0.05) is 36.4 Å². The largest absolute Gasteiger partial charge is 0.493 e. The Morgan fingerprint density at radius 2 is 1.97 bits per heavy atom. The molecule has 0 aliphatic rings. The third-order valence-corrected chi connectivity index (χ3v) is 6.13. The Balaban J connectivity index is 1.73. The van der Waals surface area contributed by atoms with E-state index in [0.717, 1.165) is 21.3 Å². The van der Waals surface area contributed by atoms with Gasteiger partial charge in [-0.05, 0) is 47.9 Å². The van der Waals surface area contributed by atoms with E-state index in [0.29, 0.717) is 16.1 Å². The second-order valence-corrected chi connectivity index (χ2v) is 8.23. The van der Waals surface area contributed by atoms with Crippen molar-refractivity contribution in [2.75, 3.05) is 7.11 Å². The van der Waals surface area contributed by atoms with Crippen LogP contribution in [0.1, 0.15) is 21.7 Å². The van der Waals surface area contributed by atoms with Gasteiger partial charge in [-0.25, -0.2) is 4.98 Å². The fourth-order valence-corrected chi connectivity index (χ4v) is 4.27. The first kappa shape index (κ1) is 22.0. The van der Waals surface area contributed by atoms with E-state index >= 15 is 0 Å². The van der Waals surface area contributed by atoms with E-state index in [9.17, 15) is 15.4 Å². The summed E-state index contributed by atoms with van der Waals surface area (Å²) in [6.45, 7) is 2.11. The van der Waals surface area contributed by atoms with Gasteiger partial charge in [-0.2, -0.15) is 5.26 Å². The van der Waals surface area contributed by atoms with Gasteiger partial charge in [0, 0.05) is 6.07 Å². The normalized spacial score (nSPS) is 11.2. The number of allylic oxidation sites excluding steroid dienone is 1. The fourth-order valence-electron chi connectivity index (χ4n) is 3.34. The van der Waals surface area contributed by atoms with Crippen LogP contribution in [0.15, 0.2) is 60.7 Å². The number of hydrogen-bond acceptors (Lipinski definition) is 7. The predicted molar refractivity (Wildman–Crippen MR) is 128 cm³/mol. The molecule has 3 aromatic carbocycles. The summed E-state index contributed by atoms with van der Waals surface area (Å²) in [7, 11) is 1.42. The van der Waals surface area contributed by atoms with Crippen LogP contribution in [0.3, 0.4) is 0 Å². The van der Waals surface area contributed by atoms with Gasteiger partial charge >= 0.3 is 5.69 Å². The Labute approximate surface area is 194 Å². The first-order valence-electron chi connectivity index (χ1n) is 10.0. The van der Waals surface area contributed by atoms with Gasteiger partial charge in [0.05, 0.1) is 27.8 Å². The number of para-hydroxylation sites is 1. The highest BCUT2D eigenvalue weighted by Gasteiger charge is 2.23. The molecule has 0 spiro atoms. The van der Waals surface area contributed by atoms with Crippen LogP contribution in [0.4, 0.5) is 5.69 Å². The topological polar surface area (TPSA) is 98.3 Å². The summed E-state index contributed by atoms with van der Waals surface area (Å²) in [6.07, 6.45) is 1.57. The molecule has 4 aromatic rings. The smallest absolute Gasteiger partial charge is 0.315 e. The molecule has 1 aromatic heterocycles. The van der Waals surface area contributed by atoms with Gasteiger partial charge in [0.1, 0.15) is 17.7 Å². The average molecular weight is 458 g/mol. The summed E-state index contributed by atoms with van der Waals surface area (Å²) in [5.74, 6) is 0.257. The average Bonchev–Trinajstić information content (AvgIpc) is 3.26. The second kappa shape index (κ2) is 9.51. The fraction of sp³-hybridized carbons (Fsp3) is 0.120. The molecular weight excluding hydrogens is 438 g/mol. The van der Waals surface area contributed by atoms with Gasteiger partial charge in [0.25, 0.3) is 0 Å². The predicted octanol–water partition coefficient (Wildman–Crippen LogP) is 6.16. The Kier molecular flexibility index (Phi) is 6.33. The minimum absolute atomic E-state index is 0.0430. The van der Waals surface area contributed by atoms with E-state index in [4.69, 9.17) is 9.47 Å². The van der Waals surface area contributed by atoms with Crippen LogP contribution in [-0.4, -0.2) is 17.0 Å². The lowest BCUT2D eigenvalue weighted by Crippen LogP contribution is -2.03. The first-order chi connectivity index (χ1) is 16.0. The molecule has 4 rings (SSSR count). The Hall–Kier alpha value is -4.22. The number of hydrogen-bond donors (Lipinski definition) is 0. The monoisotopic (exact) mass is 457 g/mol. The maximum Gasteiger partial charge on any atom is 0.315 e. The van der Waals surface area contributed by atoms with Crippen molar-refractivity contribution in [3.63, 3.8) is 0 Å². The van der Waals surface area contributed by atoms with Gasteiger partial charge in [0.15, 0.2) is 5.75 Å². The summed E-state index contributed by atoms with van der Waals surface area (Å²) in [5, 5.41) is 22.1. The van der Waals surface area contributed by atoms with Crippen molar-refractivity contribution in [3.8, 4) is 17.6 Å². The van der Waals surface area contributed by atoms with Crippen LogP contribution < -0.4 is 9.47 Å². The number of nitrogens with zero attached hydrogens (tertiary/aromatic N) is 3. The molecule has 0 radical (unpaired) electrons. The van der Waals surface area contributed by atoms with Crippen molar-refractivity contribution in [1.29, 1.82) is 5.26 Å². The van der Waals surface area contributed by atoms with E-state index < -0.39 is 4.92 Å². The van der Waals surface area contributed by atoms with Crippen LogP contribution in [0.25, 0.3) is 21.9 Å². The van der Waals surface area contributed by atoms with Crippen molar-refractivity contribution >= 4 is 38.9 Å². The molecule has 0 unspecified atom stereocenters. The number of ether oxygens (including phenoxy) is 2. The summed E-state index contributed by atoms with van der Waals surface area (Å²) in [4.78, 5) is 15.8. The zero-order chi connectivity index (χ0) is 23.4. The summed E-state index contributed by atoms with van der Waals surface area (Å²) >= 11 is 1.39. The Morgan fingerprint density at radius 1 is 1.21 bits per heavy atom. The van der Waals surface area contributed by atoms with E-state index in [-0.39, 0.29) is 23.8 Å². The van der Waals surface area contributed by atoms with Crippen molar-refractivity contribution in [2.24, 2.45) is 0 Å². The summed E-state index contributed by atoms with van der Waals surface area (Å²) in [5.41, 5.74) is 3.24. The Bertz CT molecular complexity index is 1390. The maximum absolute atomic E-state index is 11.8. The lowest BCUT2D eigenvalue weighted by atomic mass is 10.1. The quantitative estimate of drug-likeness (QED) is 0.187. The molecule has 0 bridgehead atoms. The van der Waals surface area contributed by atoms with Gasteiger partial charge < -0.3 is 9.47 Å². The number of nitro benzene ring substituents is 1. The lowest BCUT2D eigenvalue weighted by Gasteiger charge is -2.13. The third-order valence-electron chi connectivity index (χ3n) is 5.06. The number of benzene rings is 3. The number of fused-ring (bicyclic) bond motifs is 1. The SMILES string of the molecule is COc1cc(/C=C(/C#N)c2nc3ccccc3s2)cc([N+](=O)[O-])c1OCc1ccccc1C. The van der Waals surface area contributed by atoms with Gasteiger partial charge in [-0.3, -0.25) is 10.1 Å². The molecule has 33 heavy (non-hydrogen) atoms. The Morgan fingerprint density at radius 3 is 2.67 bits per heavy atom. The molecule has 0 saturated heterocycles. The first-order valence-corrected chi connectivity index (χ1v) is 10.8. The minimum atomic E-state index is -0.517. The van der Waals surface area contributed by atoms with E-state index in [2.05, 4.69) is 11.1 Å². The number of nitro groups is 1. The lowest BCUT2D eigenvalue weighted by molar-refractivity contribution is -0.386. The van der Waals surface area contributed by atoms with Gasteiger partial charge in [0.2, 0.25) is 5.75 Å². The standard InChI is InChI=1S/C25H19N3O4S/c1-16-7-3-4-8-18(16)15-32-24-21(28(29)30)12-17(13-22(24)31-2)11-19(14-26)25-27-20-9-5-6-10-23(20)33-25/h3-13H,15H2,1-2H3/b19-11-. The molecule has 0 amide bonds. The van der Waals surface area contributed by atoms with Crippen LogP contribution in [0.2, 0.25) is 0 Å². The molecule has 7 nitrogen and oxygen atoms in total. The molecule has 0 N–H and O–H groups in total.